The second kappa shape index (κ2) is 6.38. The molecule has 0 radical (unpaired) electrons. The summed E-state index contributed by atoms with van der Waals surface area (Å²) in [6.07, 6.45) is 4.01. The quantitative estimate of drug-likeness (QED) is 0.824. The maximum atomic E-state index is 12.3. The average Bonchev–Trinajstić information content (AvgIpc) is 2.84. The van der Waals surface area contributed by atoms with Crippen molar-refractivity contribution < 1.29 is 13.5 Å². The molecule has 21 heavy (non-hydrogen) atoms. The highest BCUT2D eigenvalue weighted by Gasteiger charge is 2.17. The maximum Gasteiger partial charge on any atom is 0.240 e. The zero-order valence-electron chi connectivity index (χ0n) is 12.1. The van der Waals surface area contributed by atoms with E-state index in [2.05, 4.69) is 9.71 Å². The number of aryl methyl sites for hydroxylation is 1. The van der Waals surface area contributed by atoms with Crippen LogP contribution in [0.3, 0.4) is 0 Å². The van der Waals surface area contributed by atoms with E-state index in [0.29, 0.717) is 17.5 Å². The summed E-state index contributed by atoms with van der Waals surface area (Å²) >= 11 is 0. The molecule has 0 aliphatic heterocycles. The highest BCUT2D eigenvalue weighted by molar-refractivity contribution is 7.89. The SMILES string of the molecule is Cc1c(CO)cccc1S(=O)(=O)NCCc1nccn1C. The van der Waals surface area contributed by atoms with Gasteiger partial charge in [-0.05, 0) is 24.1 Å². The first-order chi connectivity index (χ1) is 9.95. The van der Waals surface area contributed by atoms with Crippen LogP contribution >= 0.6 is 0 Å². The van der Waals surface area contributed by atoms with Crippen LogP contribution < -0.4 is 4.72 Å². The van der Waals surface area contributed by atoms with Gasteiger partial charge in [0.25, 0.3) is 0 Å². The largest absolute Gasteiger partial charge is 0.392 e. The fourth-order valence-electron chi connectivity index (χ4n) is 2.13. The molecule has 0 aliphatic carbocycles. The molecule has 114 valence electrons. The van der Waals surface area contributed by atoms with Gasteiger partial charge in [0.15, 0.2) is 0 Å². The lowest BCUT2D eigenvalue weighted by Crippen LogP contribution is -2.27. The first-order valence-corrected chi connectivity index (χ1v) is 8.09. The molecule has 0 unspecified atom stereocenters. The van der Waals surface area contributed by atoms with Crippen LogP contribution in [-0.4, -0.2) is 29.6 Å². The number of rotatable bonds is 6. The van der Waals surface area contributed by atoms with Gasteiger partial charge < -0.3 is 9.67 Å². The molecule has 2 aromatic rings. The number of aromatic nitrogens is 2. The fraction of sp³-hybridized carbons (Fsp3) is 0.357. The minimum atomic E-state index is -3.59. The molecule has 0 saturated carbocycles. The number of nitrogens with zero attached hydrogens (tertiary/aromatic N) is 2. The summed E-state index contributed by atoms with van der Waals surface area (Å²) in [6.45, 7) is 1.79. The van der Waals surface area contributed by atoms with Crippen molar-refractivity contribution in [3.8, 4) is 0 Å². The van der Waals surface area contributed by atoms with Gasteiger partial charge in [0.2, 0.25) is 10.0 Å². The number of aliphatic hydroxyl groups excluding tert-OH is 1. The minimum Gasteiger partial charge on any atom is -0.392 e. The summed E-state index contributed by atoms with van der Waals surface area (Å²) in [5.41, 5.74) is 1.19. The van der Waals surface area contributed by atoms with Gasteiger partial charge in [0, 0.05) is 32.4 Å². The Morgan fingerprint density at radius 3 is 2.76 bits per heavy atom. The third-order valence-corrected chi connectivity index (χ3v) is 5.02. The van der Waals surface area contributed by atoms with Gasteiger partial charge in [-0.1, -0.05) is 12.1 Å². The van der Waals surface area contributed by atoms with Gasteiger partial charge >= 0.3 is 0 Å². The van der Waals surface area contributed by atoms with Crippen LogP contribution in [0.15, 0.2) is 35.5 Å². The molecule has 6 nitrogen and oxygen atoms in total. The number of nitrogens with one attached hydrogen (secondary N) is 1. The first kappa shape index (κ1) is 15.7. The summed E-state index contributed by atoms with van der Waals surface area (Å²) in [6, 6.07) is 4.88. The predicted molar refractivity (Wildman–Crippen MR) is 79.2 cm³/mol. The smallest absolute Gasteiger partial charge is 0.240 e. The van der Waals surface area contributed by atoms with Crippen molar-refractivity contribution in [2.45, 2.75) is 24.8 Å². The van der Waals surface area contributed by atoms with Crippen LogP contribution in [0.2, 0.25) is 0 Å². The van der Waals surface area contributed by atoms with E-state index in [1.807, 2.05) is 17.8 Å². The van der Waals surface area contributed by atoms with Gasteiger partial charge in [-0.25, -0.2) is 18.1 Å². The predicted octanol–water partition coefficient (Wildman–Crippen LogP) is 0.742. The third kappa shape index (κ3) is 3.49. The third-order valence-electron chi connectivity index (χ3n) is 3.42. The Kier molecular flexibility index (Phi) is 4.76. The molecule has 0 fully saturated rings. The van der Waals surface area contributed by atoms with Gasteiger partial charge in [-0.3, -0.25) is 0 Å². The summed E-state index contributed by atoms with van der Waals surface area (Å²) in [7, 11) is -1.72. The average molecular weight is 309 g/mol. The van der Waals surface area contributed by atoms with E-state index in [4.69, 9.17) is 0 Å². The van der Waals surface area contributed by atoms with E-state index >= 15 is 0 Å². The zero-order chi connectivity index (χ0) is 15.5. The molecular formula is C14H19N3O3S. The van der Waals surface area contributed by atoms with Crippen LogP contribution in [0.4, 0.5) is 0 Å². The Morgan fingerprint density at radius 1 is 1.38 bits per heavy atom. The zero-order valence-corrected chi connectivity index (χ0v) is 12.9. The number of sulfonamides is 1. The summed E-state index contributed by atoms with van der Waals surface area (Å²) < 4.78 is 29.1. The first-order valence-electron chi connectivity index (χ1n) is 6.61. The standard InChI is InChI=1S/C14H19N3O3S/c1-11-12(10-18)4-3-5-13(11)21(19,20)16-7-6-14-15-8-9-17(14)2/h3-5,8-9,16,18H,6-7,10H2,1-2H3. The summed E-state index contributed by atoms with van der Waals surface area (Å²) in [5.74, 6) is 0.818. The molecule has 1 aromatic carbocycles. The van der Waals surface area contributed by atoms with E-state index in [1.165, 1.54) is 6.07 Å². The van der Waals surface area contributed by atoms with Gasteiger partial charge in [0.1, 0.15) is 5.82 Å². The Bertz CT molecular complexity index is 723. The van der Waals surface area contributed by atoms with Gasteiger partial charge in [-0.2, -0.15) is 0 Å². The lowest BCUT2D eigenvalue weighted by atomic mass is 10.1. The molecule has 7 heteroatoms. The van der Waals surface area contributed by atoms with Crippen molar-refractivity contribution >= 4 is 10.0 Å². The van der Waals surface area contributed by atoms with E-state index in [1.54, 1.807) is 25.3 Å². The maximum absolute atomic E-state index is 12.3. The van der Waals surface area contributed by atoms with Crippen LogP contribution in [0, 0.1) is 6.92 Å². The van der Waals surface area contributed by atoms with E-state index in [-0.39, 0.29) is 18.0 Å². The summed E-state index contributed by atoms with van der Waals surface area (Å²) in [5, 5.41) is 9.21. The van der Waals surface area contributed by atoms with Crippen molar-refractivity contribution in [3.05, 3.63) is 47.5 Å². The number of benzene rings is 1. The molecule has 0 atom stereocenters. The fourth-order valence-corrected chi connectivity index (χ4v) is 3.45. The molecule has 1 aromatic heterocycles. The molecule has 2 N–H and O–H groups in total. The second-order valence-corrected chi connectivity index (χ2v) is 6.54. The molecule has 0 spiro atoms. The monoisotopic (exact) mass is 309 g/mol. The highest BCUT2D eigenvalue weighted by atomic mass is 32.2. The lowest BCUT2D eigenvalue weighted by molar-refractivity contribution is 0.280. The molecular weight excluding hydrogens is 290 g/mol. The Morgan fingerprint density at radius 2 is 2.14 bits per heavy atom. The topological polar surface area (TPSA) is 84.2 Å². The second-order valence-electron chi connectivity index (χ2n) is 4.80. The van der Waals surface area contributed by atoms with Gasteiger partial charge in [-0.15, -0.1) is 0 Å². The Hall–Kier alpha value is -1.70. The molecule has 0 bridgehead atoms. The lowest BCUT2D eigenvalue weighted by Gasteiger charge is -2.11. The van der Waals surface area contributed by atoms with E-state index in [0.717, 1.165) is 5.82 Å². The molecule has 0 amide bonds. The number of hydrogen-bond donors (Lipinski definition) is 2. The minimum absolute atomic E-state index is 0.178. The van der Waals surface area contributed by atoms with Crippen LogP contribution in [-0.2, 0) is 30.1 Å². The molecule has 2 rings (SSSR count). The van der Waals surface area contributed by atoms with E-state index in [9.17, 15) is 13.5 Å². The molecule has 0 saturated heterocycles. The molecule has 1 heterocycles. The van der Waals surface area contributed by atoms with E-state index < -0.39 is 10.0 Å². The van der Waals surface area contributed by atoms with Crippen LogP contribution in [0.5, 0.6) is 0 Å². The normalized spacial score (nSPS) is 11.8. The number of aliphatic hydroxyl groups is 1. The van der Waals surface area contributed by atoms with Crippen LogP contribution in [0.1, 0.15) is 17.0 Å². The van der Waals surface area contributed by atoms with Gasteiger partial charge in [0.05, 0.1) is 11.5 Å². The molecule has 0 aliphatic rings. The van der Waals surface area contributed by atoms with Crippen molar-refractivity contribution in [2.24, 2.45) is 7.05 Å². The number of imidazole rings is 1. The number of hydrogen-bond acceptors (Lipinski definition) is 4. The highest BCUT2D eigenvalue weighted by Crippen LogP contribution is 2.18. The van der Waals surface area contributed by atoms with Crippen molar-refractivity contribution in [3.63, 3.8) is 0 Å². The van der Waals surface area contributed by atoms with Crippen molar-refractivity contribution in [1.29, 1.82) is 0 Å². The summed E-state index contributed by atoms with van der Waals surface area (Å²) in [4.78, 5) is 4.35. The Balaban J connectivity index is 2.10. The van der Waals surface area contributed by atoms with Crippen molar-refractivity contribution in [2.75, 3.05) is 6.54 Å². The van der Waals surface area contributed by atoms with Crippen LogP contribution in [0.25, 0.3) is 0 Å². The Labute approximate surface area is 124 Å². The van der Waals surface area contributed by atoms with Crippen molar-refractivity contribution in [1.82, 2.24) is 14.3 Å².